The van der Waals surface area contributed by atoms with Crippen LogP contribution < -0.4 is 0 Å². The highest BCUT2D eigenvalue weighted by atomic mass is 15.1. The van der Waals surface area contributed by atoms with Crippen LogP contribution in [0.4, 0.5) is 0 Å². The van der Waals surface area contributed by atoms with Crippen LogP contribution in [0.3, 0.4) is 0 Å². The zero-order valence-corrected chi connectivity index (χ0v) is 15.0. The average molecular weight is 330 g/mol. The van der Waals surface area contributed by atoms with E-state index in [-0.39, 0.29) is 0 Å². The number of imidazole rings is 1. The van der Waals surface area contributed by atoms with E-state index in [0.717, 1.165) is 24.4 Å². The summed E-state index contributed by atoms with van der Waals surface area (Å²) in [5.74, 6) is 0.990. The van der Waals surface area contributed by atoms with Gasteiger partial charge in [0, 0.05) is 12.4 Å². The highest BCUT2D eigenvalue weighted by Crippen LogP contribution is 2.32. The number of hydrogen-bond donors (Lipinski definition) is 0. The number of aryl methyl sites for hydroxylation is 3. The van der Waals surface area contributed by atoms with Gasteiger partial charge in [-0.3, -0.25) is 0 Å². The lowest BCUT2D eigenvalue weighted by molar-refractivity contribution is 0.725. The molecule has 0 radical (unpaired) electrons. The number of nitrogens with zero attached hydrogens (tertiary/aromatic N) is 4. The maximum Gasteiger partial charge on any atom is 0.105 e. The fourth-order valence-electron chi connectivity index (χ4n) is 3.66. The molecule has 0 atom stereocenters. The van der Waals surface area contributed by atoms with Gasteiger partial charge < -0.3 is 4.57 Å². The first kappa shape index (κ1) is 15.8. The van der Waals surface area contributed by atoms with Gasteiger partial charge >= 0.3 is 0 Å². The number of hydrogen-bond acceptors (Lipinski definition) is 3. The fraction of sp³-hybridized carbons (Fsp3) is 0.286. The first-order valence-corrected chi connectivity index (χ1v) is 8.70. The van der Waals surface area contributed by atoms with Crippen molar-refractivity contribution in [3.63, 3.8) is 0 Å². The Labute approximate surface area is 148 Å². The molecule has 4 heteroatoms. The van der Waals surface area contributed by atoms with Crippen molar-refractivity contribution in [2.24, 2.45) is 0 Å². The number of benzene rings is 1. The van der Waals surface area contributed by atoms with Gasteiger partial charge in [0.15, 0.2) is 0 Å². The zero-order valence-electron chi connectivity index (χ0n) is 15.0. The molecule has 2 heterocycles. The average Bonchev–Trinajstić information content (AvgIpc) is 2.99. The lowest BCUT2D eigenvalue weighted by Crippen LogP contribution is -2.06. The molecule has 0 aliphatic heterocycles. The summed E-state index contributed by atoms with van der Waals surface area (Å²) in [6, 6.07) is 6.72. The molecule has 25 heavy (non-hydrogen) atoms. The second kappa shape index (κ2) is 6.28. The molecule has 0 saturated carbocycles. The SMILES string of the molecule is Cc1cc(C)c2c(c1)C=C(c1cnnc(Cn3ccnc3C)c1)CC2. The van der Waals surface area contributed by atoms with Gasteiger partial charge in [-0.05, 0) is 67.5 Å². The summed E-state index contributed by atoms with van der Waals surface area (Å²) in [4.78, 5) is 4.27. The fourth-order valence-corrected chi connectivity index (χ4v) is 3.66. The topological polar surface area (TPSA) is 43.6 Å². The van der Waals surface area contributed by atoms with Crippen LogP contribution in [0.5, 0.6) is 0 Å². The van der Waals surface area contributed by atoms with Crippen LogP contribution in [0.25, 0.3) is 11.6 Å². The van der Waals surface area contributed by atoms with Crippen molar-refractivity contribution in [2.45, 2.75) is 40.2 Å². The van der Waals surface area contributed by atoms with E-state index in [1.807, 2.05) is 25.5 Å². The molecular weight excluding hydrogens is 308 g/mol. The van der Waals surface area contributed by atoms with E-state index < -0.39 is 0 Å². The summed E-state index contributed by atoms with van der Waals surface area (Å²) in [7, 11) is 0. The number of fused-ring (bicyclic) bond motifs is 1. The van der Waals surface area contributed by atoms with Crippen molar-refractivity contribution in [3.05, 3.63) is 76.1 Å². The van der Waals surface area contributed by atoms with Crippen LogP contribution in [-0.4, -0.2) is 19.7 Å². The second-order valence-electron chi connectivity index (χ2n) is 6.86. The summed E-state index contributed by atoms with van der Waals surface area (Å²) in [5, 5.41) is 8.53. The van der Waals surface area contributed by atoms with Crippen molar-refractivity contribution >= 4 is 11.6 Å². The van der Waals surface area contributed by atoms with Gasteiger partial charge in [0.25, 0.3) is 0 Å². The first-order chi connectivity index (χ1) is 12.1. The van der Waals surface area contributed by atoms with Crippen molar-refractivity contribution in [2.75, 3.05) is 0 Å². The monoisotopic (exact) mass is 330 g/mol. The van der Waals surface area contributed by atoms with Crippen LogP contribution in [0.15, 0.2) is 36.8 Å². The zero-order chi connectivity index (χ0) is 17.4. The molecule has 4 nitrogen and oxygen atoms in total. The Hall–Kier alpha value is -2.75. The lowest BCUT2D eigenvalue weighted by atomic mass is 9.86. The first-order valence-electron chi connectivity index (χ1n) is 8.70. The lowest BCUT2D eigenvalue weighted by Gasteiger charge is -2.19. The van der Waals surface area contributed by atoms with Crippen LogP contribution in [0, 0.1) is 20.8 Å². The molecule has 0 saturated heterocycles. The van der Waals surface area contributed by atoms with E-state index in [1.165, 1.54) is 33.4 Å². The molecule has 0 fully saturated rings. The third-order valence-electron chi connectivity index (χ3n) is 4.96. The minimum Gasteiger partial charge on any atom is -0.329 e. The van der Waals surface area contributed by atoms with Gasteiger partial charge in [-0.15, -0.1) is 0 Å². The van der Waals surface area contributed by atoms with Crippen molar-refractivity contribution in [1.29, 1.82) is 0 Å². The quantitative estimate of drug-likeness (QED) is 0.725. The molecule has 0 bridgehead atoms. The number of aromatic nitrogens is 4. The Morgan fingerprint density at radius 1 is 1.08 bits per heavy atom. The van der Waals surface area contributed by atoms with Gasteiger partial charge in [-0.1, -0.05) is 23.8 Å². The highest BCUT2D eigenvalue weighted by Gasteiger charge is 2.15. The van der Waals surface area contributed by atoms with E-state index in [9.17, 15) is 0 Å². The van der Waals surface area contributed by atoms with E-state index in [4.69, 9.17) is 0 Å². The summed E-state index contributed by atoms with van der Waals surface area (Å²) in [6.07, 6.45) is 10.1. The van der Waals surface area contributed by atoms with Gasteiger partial charge in [-0.25, -0.2) is 4.98 Å². The molecule has 1 aromatic carbocycles. The Balaban J connectivity index is 1.67. The number of rotatable bonds is 3. The van der Waals surface area contributed by atoms with Crippen LogP contribution in [0.2, 0.25) is 0 Å². The third kappa shape index (κ3) is 3.12. The standard InChI is InChI=1S/C21H22N4/c1-14-8-15(2)21-5-4-17(10-18(21)9-14)19-11-20(24-23-12-19)13-25-7-6-22-16(25)3/h6-12H,4-5,13H2,1-3H3. The molecule has 1 aliphatic carbocycles. The van der Waals surface area contributed by atoms with E-state index in [2.05, 4.69) is 57.9 Å². The molecule has 126 valence electrons. The van der Waals surface area contributed by atoms with Crippen LogP contribution in [-0.2, 0) is 13.0 Å². The van der Waals surface area contributed by atoms with Crippen LogP contribution >= 0.6 is 0 Å². The van der Waals surface area contributed by atoms with E-state index >= 15 is 0 Å². The van der Waals surface area contributed by atoms with E-state index in [1.54, 1.807) is 0 Å². The normalized spacial score (nSPS) is 13.5. The van der Waals surface area contributed by atoms with Crippen molar-refractivity contribution in [1.82, 2.24) is 19.7 Å². The molecule has 0 amide bonds. The van der Waals surface area contributed by atoms with Gasteiger partial charge in [0.05, 0.1) is 18.4 Å². The predicted molar refractivity (Wildman–Crippen MR) is 100 cm³/mol. The van der Waals surface area contributed by atoms with Crippen LogP contribution in [0.1, 0.15) is 45.8 Å². The maximum absolute atomic E-state index is 4.30. The Morgan fingerprint density at radius 3 is 2.76 bits per heavy atom. The second-order valence-corrected chi connectivity index (χ2v) is 6.86. The Morgan fingerprint density at radius 2 is 1.96 bits per heavy atom. The molecule has 1 aliphatic rings. The summed E-state index contributed by atoms with van der Waals surface area (Å²) in [6.45, 7) is 7.08. The third-order valence-corrected chi connectivity index (χ3v) is 4.96. The highest BCUT2D eigenvalue weighted by molar-refractivity contribution is 5.84. The van der Waals surface area contributed by atoms with Gasteiger partial charge in [0.2, 0.25) is 0 Å². The molecule has 4 rings (SSSR count). The minimum atomic E-state index is 0.703. The molecule has 0 unspecified atom stereocenters. The minimum absolute atomic E-state index is 0.703. The molecule has 3 aromatic rings. The summed E-state index contributed by atoms with van der Waals surface area (Å²) < 4.78 is 2.09. The smallest absolute Gasteiger partial charge is 0.105 e. The largest absolute Gasteiger partial charge is 0.329 e. The Kier molecular flexibility index (Phi) is 3.96. The molecule has 0 spiro atoms. The molecular formula is C21H22N4. The van der Waals surface area contributed by atoms with Gasteiger partial charge in [0.1, 0.15) is 5.82 Å². The van der Waals surface area contributed by atoms with Crippen molar-refractivity contribution in [3.8, 4) is 0 Å². The molecule has 0 N–H and O–H groups in total. The Bertz CT molecular complexity index is 966. The predicted octanol–water partition coefficient (Wildman–Crippen LogP) is 4.13. The maximum atomic E-state index is 4.30. The number of allylic oxidation sites excluding steroid dienone is 1. The van der Waals surface area contributed by atoms with E-state index in [0.29, 0.717) is 6.54 Å². The summed E-state index contributed by atoms with van der Waals surface area (Å²) >= 11 is 0. The van der Waals surface area contributed by atoms with Crippen molar-refractivity contribution < 1.29 is 0 Å². The summed E-state index contributed by atoms with van der Waals surface area (Å²) in [5.41, 5.74) is 9.02. The van der Waals surface area contributed by atoms with Gasteiger partial charge in [-0.2, -0.15) is 10.2 Å². The molecule has 2 aromatic heterocycles.